The molecule has 0 aliphatic heterocycles. The van der Waals surface area contributed by atoms with Crippen LogP contribution in [0.1, 0.15) is 9.67 Å². The largest absolute Gasteiger partial charge is 0.321 e. The molecule has 4 aromatic rings. The summed E-state index contributed by atoms with van der Waals surface area (Å²) in [5.41, 5.74) is 0.878. The minimum Gasteiger partial charge on any atom is -0.321 e. The van der Waals surface area contributed by atoms with Gasteiger partial charge in [-0.2, -0.15) is 0 Å². The fraction of sp³-hybridized carbons (Fsp3) is 0. The molecule has 6 nitrogen and oxygen atoms in total. The predicted octanol–water partition coefficient (Wildman–Crippen LogP) is 4.35. The summed E-state index contributed by atoms with van der Waals surface area (Å²) < 4.78 is 27.6. The molecule has 0 spiro atoms. The number of amides is 1. The van der Waals surface area contributed by atoms with E-state index in [4.69, 9.17) is 0 Å². The smallest absolute Gasteiger partial charge is 0.267 e. The van der Waals surface area contributed by atoms with E-state index in [9.17, 15) is 13.2 Å². The second kappa shape index (κ2) is 7.41. The van der Waals surface area contributed by atoms with Gasteiger partial charge in [-0.05, 0) is 35.7 Å². The first kappa shape index (κ1) is 18.1. The third kappa shape index (κ3) is 3.60. The van der Waals surface area contributed by atoms with Crippen LogP contribution in [-0.2, 0) is 10.0 Å². The number of aromatic nitrogens is 1. The number of hydrogen-bond acceptors (Lipinski definition) is 5. The first-order valence-electron chi connectivity index (χ1n) is 8.34. The second-order valence-corrected chi connectivity index (χ2v) is 8.54. The molecule has 0 fully saturated rings. The molecule has 0 saturated carbocycles. The summed E-state index contributed by atoms with van der Waals surface area (Å²) in [5, 5.41) is 6.29. The van der Waals surface area contributed by atoms with Crippen LogP contribution < -0.4 is 10.0 Å². The van der Waals surface area contributed by atoms with Gasteiger partial charge >= 0.3 is 0 Å². The average molecular weight is 409 g/mol. The van der Waals surface area contributed by atoms with E-state index in [0.29, 0.717) is 5.69 Å². The van der Waals surface area contributed by atoms with E-state index >= 15 is 0 Å². The first-order valence-corrected chi connectivity index (χ1v) is 10.7. The average Bonchev–Trinajstić information content (AvgIpc) is 3.16. The Balaban J connectivity index is 1.61. The number of carbonyl (C=O) groups is 1. The Morgan fingerprint density at radius 1 is 0.929 bits per heavy atom. The Morgan fingerprint density at radius 3 is 2.57 bits per heavy atom. The van der Waals surface area contributed by atoms with Gasteiger partial charge in [0.1, 0.15) is 4.88 Å². The fourth-order valence-electron chi connectivity index (χ4n) is 2.78. The fourth-order valence-corrected chi connectivity index (χ4v) is 4.68. The van der Waals surface area contributed by atoms with Crippen molar-refractivity contribution in [1.82, 2.24) is 4.98 Å². The number of nitrogens with one attached hydrogen (secondary N) is 2. The molecular weight excluding hydrogens is 394 g/mol. The number of fused-ring (bicyclic) bond motifs is 1. The highest BCUT2D eigenvalue weighted by atomic mass is 32.2. The van der Waals surface area contributed by atoms with Crippen molar-refractivity contribution in [3.8, 4) is 0 Å². The summed E-state index contributed by atoms with van der Waals surface area (Å²) in [6.45, 7) is 0. The van der Waals surface area contributed by atoms with Crippen LogP contribution in [-0.4, -0.2) is 19.3 Å². The van der Waals surface area contributed by atoms with Crippen molar-refractivity contribution in [1.29, 1.82) is 0 Å². The minimum atomic E-state index is -3.78. The highest BCUT2D eigenvalue weighted by Gasteiger charge is 2.20. The van der Waals surface area contributed by atoms with Gasteiger partial charge in [0.05, 0.1) is 10.6 Å². The van der Waals surface area contributed by atoms with Gasteiger partial charge in [0, 0.05) is 28.9 Å². The zero-order valence-corrected chi connectivity index (χ0v) is 16.1. The van der Waals surface area contributed by atoms with E-state index in [1.54, 1.807) is 48.1 Å². The van der Waals surface area contributed by atoms with Crippen LogP contribution >= 0.6 is 11.3 Å². The molecule has 2 aromatic carbocycles. The van der Waals surface area contributed by atoms with Gasteiger partial charge in [-0.15, -0.1) is 11.3 Å². The molecule has 0 unspecified atom stereocenters. The third-order valence-corrected chi connectivity index (χ3v) is 6.39. The molecule has 28 heavy (non-hydrogen) atoms. The maximum atomic E-state index is 12.8. The summed E-state index contributed by atoms with van der Waals surface area (Å²) in [7, 11) is -3.78. The standard InChI is InChI=1S/C20H15N3O3S2/c24-20(22-17-8-4-5-14-13-21-11-9-16(14)17)19-18(10-12-27-19)23-28(25,26)15-6-2-1-3-7-15/h1-13,23H,(H,22,24). The van der Waals surface area contributed by atoms with E-state index in [2.05, 4.69) is 15.0 Å². The van der Waals surface area contributed by atoms with Crippen molar-refractivity contribution in [2.75, 3.05) is 10.0 Å². The van der Waals surface area contributed by atoms with Gasteiger partial charge in [-0.1, -0.05) is 30.3 Å². The first-order chi connectivity index (χ1) is 13.5. The summed E-state index contributed by atoms with van der Waals surface area (Å²) in [6, 6.07) is 16.9. The Hall–Kier alpha value is -3.23. The molecule has 1 amide bonds. The topological polar surface area (TPSA) is 88.2 Å². The molecule has 140 valence electrons. The summed E-state index contributed by atoms with van der Waals surface area (Å²) in [6.07, 6.45) is 3.37. The number of nitrogens with zero attached hydrogens (tertiary/aromatic N) is 1. The molecule has 0 saturated heterocycles. The molecule has 4 rings (SSSR count). The van der Waals surface area contributed by atoms with Crippen LogP contribution in [0.3, 0.4) is 0 Å². The molecular formula is C20H15N3O3S2. The normalized spacial score (nSPS) is 11.3. The van der Waals surface area contributed by atoms with Crippen molar-refractivity contribution in [2.45, 2.75) is 4.90 Å². The Labute approximate surface area is 165 Å². The van der Waals surface area contributed by atoms with Crippen LogP contribution in [0.5, 0.6) is 0 Å². The van der Waals surface area contributed by atoms with Crippen LogP contribution in [0, 0.1) is 0 Å². The van der Waals surface area contributed by atoms with Gasteiger partial charge in [0.2, 0.25) is 0 Å². The quantitative estimate of drug-likeness (QED) is 0.513. The number of sulfonamides is 1. The number of pyridine rings is 1. The zero-order chi connectivity index (χ0) is 19.6. The lowest BCUT2D eigenvalue weighted by molar-refractivity contribution is 0.103. The Morgan fingerprint density at radius 2 is 1.75 bits per heavy atom. The number of rotatable bonds is 5. The van der Waals surface area contributed by atoms with Crippen LogP contribution in [0.4, 0.5) is 11.4 Å². The number of thiophene rings is 1. The molecule has 0 atom stereocenters. The van der Waals surface area contributed by atoms with E-state index in [1.807, 2.05) is 18.2 Å². The van der Waals surface area contributed by atoms with E-state index in [1.165, 1.54) is 23.5 Å². The highest BCUT2D eigenvalue weighted by molar-refractivity contribution is 7.92. The Bertz CT molecular complexity index is 1250. The van der Waals surface area contributed by atoms with Gasteiger partial charge in [0.15, 0.2) is 0 Å². The lowest BCUT2D eigenvalue weighted by Crippen LogP contribution is -2.17. The Kier molecular flexibility index (Phi) is 4.81. The monoisotopic (exact) mass is 409 g/mol. The van der Waals surface area contributed by atoms with Gasteiger partial charge < -0.3 is 5.32 Å². The van der Waals surface area contributed by atoms with E-state index < -0.39 is 10.0 Å². The van der Waals surface area contributed by atoms with Crippen molar-refractivity contribution < 1.29 is 13.2 Å². The molecule has 0 aliphatic rings. The molecule has 8 heteroatoms. The van der Waals surface area contributed by atoms with Gasteiger partial charge in [-0.3, -0.25) is 14.5 Å². The van der Waals surface area contributed by atoms with E-state index in [0.717, 1.165) is 10.8 Å². The zero-order valence-electron chi connectivity index (χ0n) is 14.5. The SMILES string of the molecule is O=C(Nc1cccc2cnccc12)c1sccc1NS(=O)(=O)c1ccccc1. The number of anilines is 2. The molecule has 0 bridgehead atoms. The maximum Gasteiger partial charge on any atom is 0.267 e. The summed E-state index contributed by atoms with van der Waals surface area (Å²) >= 11 is 1.17. The predicted molar refractivity (Wildman–Crippen MR) is 111 cm³/mol. The second-order valence-electron chi connectivity index (χ2n) is 5.94. The van der Waals surface area contributed by atoms with Crippen LogP contribution in [0.2, 0.25) is 0 Å². The molecule has 0 aliphatic carbocycles. The number of hydrogen-bond donors (Lipinski definition) is 2. The number of carbonyl (C=O) groups excluding carboxylic acids is 1. The van der Waals surface area contributed by atoms with Crippen LogP contribution in [0.25, 0.3) is 10.8 Å². The lowest BCUT2D eigenvalue weighted by atomic mass is 10.1. The maximum absolute atomic E-state index is 12.8. The third-order valence-electron chi connectivity index (χ3n) is 4.10. The molecule has 2 heterocycles. The molecule has 0 radical (unpaired) electrons. The van der Waals surface area contributed by atoms with E-state index in [-0.39, 0.29) is 21.4 Å². The van der Waals surface area contributed by atoms with Crippen molar-refractivity contribution >= 4 is 49.4 Å². The highest BCUT2D eigenvalue weighted by Crippen LogP contribution is 2.28. The molecule has 2 aromatic heterocycles. The van der Waals surface area contributed by atoms with Crippen molar-refractivity contribution in [3.05, 3.63) is 83.3 Å². The molecule has 2 N–H and O–H groups in total. The summed E-state index contributed by atoms with van der Waals surface area (Å²) in [5.74, 6) is -0.384. The number of benzene rings is 2. The van der Waals surface area contributed by atoms with Crippen molar-refractivity contribution in [3.63, 3.8) is 0 Å². The minimum absolute atomic E-state index is 0.133. The lowest BCUT2D eigenvalue weighted by Gasteiger charge is -2.11. The van der Waals surface area contributed by atoms with Gasteiger partial charge in [-0.25, -0.2) is 8.42 Å². The van der Waals surface area contributed by atoms with Crippen LogP contribution in [0.15, 0.2) is 83.3 Å². The van der Waals surface area contributed by atoms with Crippen molar-refractivity contribution in [2.24, 2.45) is 0 Å². The van der Waals surface area contributed by atoms with Gasteiger partial charge in [0.25, 0.3) is 15.9 Å². The summed E-state index contributed by atoms with van der Waals surface area (Å²) in [4.78, 5) is 17.3.